The highest BCUT2D eigenvalue weighted by atomic mass is 16.5. The maximum Gasteiger partial charge on any atom is 0.225 e. The number of nitrogens with zero attached hydrogens (tertiary/aromatic N) is 1. The molecule has 1 amide bonds. The molecule has 0 saturated carbocycles. The molecular weight excluding hydrogens is 192 g/mol. The highest BCUT2D eigenvalue weighted by molar-refractivity contribution is 5.76. The third kappa shape index (κ3) is 4.18. The third-order valence-electron chi connectivity index (χ3n) is 2.59. The van der Waals surface area contributed by atoms with Crippen molar-refractivity contribution in [1.82, 2.24) is 10.2 Å². The van der Waals surface area contributed by atoms with Crippen LogP contribution in [-0.4, -0.2) is 49.2 Å². The third-order valence-corrected chi connectivity index (χ3v) is 2.59. The molecule has 1 fully saturated rings. The lowest BCUT2D eigenvalue weighted by atomic mass is 10.2. The Hall–Kier alpha value is -0.610. The molecule has 1 N–H and O–H groups in total. The first kappa shape index (κ1) is 12.5. The predicted molar refractivity (Wildman–Crippen MR) is 59.7 cm³/mol. The van der Waals surface area contributed by atoms with E-state index in [1.54, 1.807) is 0 Å². The summed E-state index contributed by atoms with van der Waals surface area (Å²) in [5.74, 6) is 0.213. The monoisotopic (exact) mass is 214 g/mol. The summed E-state index contributed by atoms with van der Waals surface area (Å²) < 4.78 is 5.38. The van der Waals surface area contributed by atoms with Crippen LogP contribution in [0.25, 0.3) is 0 Å². The summed E-state index contributed by atoms with van der Waals surface area (Å²) in [4.78, 5) is 13.8. The van der Waals surface area contributed by atoms with Gasteiger partial charge in [-0.2, -0.15) is 0 Å². The highest BCUT2D eigenvalue weighted by Gasteiger charge is 2.22. The number of piperazine rings is 1. The van der Waals surface area contributed by atoms with E-state index in [2.05, 4.69) is 12.2 Å². The van der Waals surface area contributed by atoms with Crippen molar-refractivity contribution in [1.29, 1.82) is 0 Å². The fraction of sp³-hybridized carbons (Fsp3) is 0.909. The number of hydrogen-bond acceptors (Lipinski definition) is 3. The van der Waals surface area contributed by atoms with Crippen molar-refractivity contribution < 1.29 is 9.53 Å². The van der Waals surface area contributed by atoms with Crippen LogP contribution in [0.4, 0.5) is 0 Å². The molecule has 1 aliphatic rings. The first-order valence-corrected chi connectivity index (χ1v) is 5.73. The van der Waals surface area contributed by atoms with Gasteiger partial charge >= 0.3 is 0 Å². The molecule has 0 radical (unpaired) electrons. The van der Waals surface area contributed by atoms with Crippen LogP contribution in [0.3, 0.4) is 0 Å². The average molecular weight is 214 g/mol. The normalized spacial score (nSPS) is 22.1. The maximum atomic E-state index is 11.8. The van der Waals surface area contributed by atoms with Crippen molar-refractivity contribution >= 4 is 5.91 Å². The van der Waals surface area contributed by atoms with E-state index >= 15 is 0 Å². The fourth-order valence-corrected chi connectivity index (χ4v) is 1.74. The topological polar surface area (TPSA) is 41.6 Å². The maximum absolute atomic E-state index is 11.8. The van der Waals surface area contributed by atoms with Gasteiger partial charge < -0.3 is 15.0 Å². The van der Waals surface area contributed by atoms with Gasteiger partial charge in [-0.05, 0) is 20.8 Å². The molecule has 0 aliphatic carbocycles. The number of hydrogen-bond donors (Lipinski definition) is 1. The van der Waals surface area contributed by atoms with E-state index in [-0.39, 0.29) is 12.0 Å². The summed E-state index contributed by atoms with van der Waals surface area (Å²) in [6.07, 6.45) is 0.709. The van der Waals surface area contributed by atoms with Crippen molar-refractivity contribution in [2.45, 2.75) is 39.3 Å². The zero-order valence-electron chi connectivity index (χ0n) is 9.95. The lowest BCUT2D eigenvalue weighted by molar-refractivity contribution is -0.135. The van der Waals surface area contributed by atoms with Crippen LogP contribution in [0.1, 0.15) is 27.2 Å². The predicted octanol–water partition coefficient (Wildman–Crippen LogP) is 0.622. The smallest absolute Gasteiger partial charge is 0.225 e. The Morgan fingerprint density at radius 1 is 1.60 bits per heavy atom. The molecule has 1 heterocycles. The summed E-state index contributed by atoms with van der Waals surface area (Å²) in [6, 6.07) is 0.310. The molecular formula is C11H22N2O2. The average Bonchev–Trinajstić information content (AvgIpc) is 2.17. The van der Waals surface area contributed by atoms with Gasteiger partial charge in [0.1, 0.15) is 0 Å². The van der Waals surface area contributed by atoms with Crippen LogP contribution in [0.5, 0.6) is 0 Å². The second kappa shape index (κ2) is 6.08. The summed E-state index contributed by atoms with van der Waals surface area (Å²) in [5.41, 5.74) is 0. The summed E-state index contributed by atoms with van der Waals surface area (Å²) in [5, 5.41) is 3.27. The molecule has 15 heavy (non-hydrogen) atoms. The van der Waals surface area contributed by atoms with Crippen LogP contribution >= 0.6 is 0 Å². The van der Waals surface area contributed by atoms with Crippen molar-refractivity contribution in [2.75, 3.05) is 26.2 Å². The largest absolute Gasteiger partial charge is 0.378 e. The first-order chi connectivity index (χ1) is 7.11. The summed E-state index contributed by atoms with van der Waals surface area (Å²) >= 11 is 0. The molecule has 88 valence electrons. The molecule has 1 aliphatic heterocycles. The zero-order chi connectivity index (χ0) is 11.3. The van der Waals surface area contributed by atoms with Crippen LogP contribution in [-0.2, 0) is 9.53 Å². The highest BCUT2D eigenvalue weighted by Crippen LogP contribution is 2.05. The lowest BCUT2D eigenvalue weighted by Crippen LogP contribution is -2.52. The van der Waals surface area contributed by atoms with E-state index in [0.29, 0.717) is 19.1 Å². The molecule has 0 aromatic carbocycles. The van der Waals surface area contributed by atoms with Crippen LogP contribution < -0.4 is 5.32 Å². The Labute approximate surface area is 92.0 Å². The second-order valence-corrected chi connectivity index (χ2v) is 4.31. The Kier molecular flexibility index (Phi) is 5.05. The molecule has 0 spiro atoms. The molecule has 0 unspecified atom stereocenters. The first-order valence-electron chi connectivity index (χ1n) is 5.73. The van der Waals surface area contributed by atoms with Gasteiger partial charge in [-0.1, -0.05) is 0 Å². The van der Waals surface area contributed by atoms with Gasteiger partial charge in [-0.25, -0.2) is 0 Å². The number of rotatable bonds is 4. The van der Waals surface area contributed by atoms with Gasteiger partial charge in [0.15, 0.2) is 0 Å². The van der Waals surface area contributed by atoms with Crippen molar-refractivity contribution in [2.24, 2.45) is 0 Å². The van der Waals surface area contributed by atoms with E-state index < -0.39 is 0 Å². The lowest BCUT2D eigenvalue weighted by Gasteiger charge is -2.34. The summed E-state index contributed by atoms with van der Waals surface area (Å²) in [7, 11) is 0. The molecule has 0 bridgehead atoms. The van der Waals surface area contributed by atoms with Gasteiger partial charge in [-0.3, -0.25) is 4.79 Å². The van der Waals surface area contributed by atoms with Crippen LogP contribution in [0.2, 0.25) is 0 Å². The second-order valence-electron chi connectivity index (χ2n) is 4.31. The van der Waals surface area contributed by atoms with E-state index in [0.717, 1.165) is 19.6 Å². The molecule has 4 nitrogen and oxygen atoms in total. The summed E-state index contributed by atoms with van der Waals surface area (Å²) in [6.45, 7) is 9.20. The Morgan fingerprint density at radius 3 is 2.93 bits per heavy atom. The van der Waals surface area contributed by atoms with E-state index in [9.17, 15) is 4.79 Å². The number of amides is 1. The van der Waals surface area contributed by atoms with Crippen LogP contribution in [0.15, 0.2) is 0 Å². The van der Waals surface area contributed by atoms with E-state index in [1.807, 2.05) is 18.7 Å². The van der Waals surface area contributed by atoms with Crippen molar-refractivity contribution in [3.63, 3.8) is 0 Å². The van der Waals surface area contributed by atoms with E-state index in [4.69, 9.17) is 4.74 Å². The minimum atomic E-state index is 0.207. The SMILES string of the molecule is CC(C)OCCC(=O)N1CCNC[C@H]1C. The number of carbonyl (C=O) groups excluding carboxylic acids is 1. The van der Waals surface area contributed by atoms with Crippen molar-refractivity contribution in [3.05, 3.63) is 0 Å². The molecule has 1 atom stereocenters. The van der Waals surface area contributed by atoms with Gasteiger partial charge in [0.2, 0.25) is 5.91 Å². The standard InChI is InChI=1S/C11H22N2O2/c1-9(2)15-7-4-11(14)13-6-5-12-8-10(13)3/h9-10,12H,4-8H2,1-3H3/t10-/m1/s1. The molecule has 4 heteroatoms. The number of nitrogens with one attached hydrogen (secondary N) is 1. The van der Waals surface area contributed by atoms with Gasteiger partial charge in [0, 0.05) is 25.7 Å². The van der Waals surface area contributed by atoms with E-state index in [1.165, 1.54) is 0 Å². The Bertz CT molecular complexity index is 207. The Balaban J connectivity index is 2.26. The van der Waals surface area contributed by atoms with Gasteiger partial charge in [0.05, 0.1) is 19.1 Å². The number of ether oxygens (including phenoxy) is 1. The molecule has 1 saturated heterocycles. The van der Waals surface area contributed by atoms with Crippen molar-refractivity contribution in [3.8, 4) is 0 Å². The minimum absolute atomic E-state index is 0.207. The minimum Gasteiger partial charge on any atom is -0.378 e. The van der Waals surface area contributed by atoms with Gasteiger partial charge in [0.25, 0.3) is 0 Å². The zero-order valence-corrected chi connectivity index (χ0v) is 9.95. The van der Waals surface area contributed by atoms with Gasteiger partial charge in [-0.15, -0.1) is 0 Å². The quantitative estimate of drug-likeness (QED) is 0.746. The van der Waals surface area contributed by atoms with Crippen LogP contribution in [0, 0.1) is 0 Å². The number of carbonyl (C=O) groups is 1. The molecule has 1 rings (SSSR count). The Morgan fingerprint density at radius 2 is 2.33 bits per heavy atom. The fourth-order valence-electron chi connectivity index (χ4n) is 1.74. The molecule has 0 aromatic heterocycles. The molecule has 0 aromatic rings.